The van der Waals surface area contributed by atoms with Gasteiger partial charge in [-0.3, -0.25) is 0 Å². The van der Waals surface area contributed by atoms with Crippen LogP contribution in [0.4, 0.5) is 0 Å². The van der Waals surface area contributed by atoms with Crippen molar-refractivity contribution in [3.8, 4) is 0 Å². The number of hydrogen-bond donors (Lipinski definition) is 1. The lowest BCUT2D eigenvalue weighted by Gasteiger charge is -2.35. The number of ether oxygens (including phenoxy) is 2. The molecule has 0 amide bonds. The minimum atomic E-state index is -0.170. The molecular weight excluding hydrogens is 250 g/mol. The van der Waals surface area contributed by atoms with Crippen LogP contribution in [0.3, 0.4) is 0 Å². The Morgan fingerprint density at radius 1 is 1.10 bits per heavy atom. The Balaban J connectivity index is 1.61. The average molecular weight is 271 g/mol. The van der Waals surface area contributed by atoms with Gasteiger partial charge >= 0.3 is 0 Å². The summed E-state index contributed by atoms with van der Waals surface area (Å²) in [7, 11) is 0. The van der Waals surface area contributed by atoms with Gasteiger partial charge in [0.25, 0.3) is 0 Å². The third-order valence-electron chi connectivity index (χ3n) is 4.54. The smallest absolute Gasteiger partial charge is 0.184 e. The monoisotopic (exact) mass is 271 g/mol. The number of nitrogens with one attached hydrogen (secondary N) is 1. The van der Waals surface area contributed by atoms with Crippen molar-refractivity contribution in [2.24, 2.45) is 0 Å². The van der Waals surface area contributed by atoms with Gasteiger partial charge in [-0.25, -0.2) is 0 Å². The highest BCUT2D eigenvalue weighted by Gasteiger charge is 2.26. The number of fused-ring (bicyclic) bond motifs is 2. The maximum Gasteiger partial charge on any atom is 0.184 e. The molecule has 0 aromatic heterocycles. The highest BCUT2D eigenvalue weighted by Crippen LogP contribution is 2.32. The van der Waals surface area contributed by atoms with Crippen LogP contribution >= 0.6 is 0 Å². The Hall–Kier alpha value is -1.16. The highest BCUT2D eigenvalue weighted by atomic mass is 16.7. The predicted octanol–water partition coefficient (Wildman–Crippen LogP) is 3.03. The number of hydrogen-bond acceptors (Lipinski definition) is 3. The summed E-state index contributed by atoms with van der Waals surface area (Å²) in [4.78, 5) is 0. The topological polar surface area (TPSA) is 30.5 Å². The van der Waals surface area contributed by atoms with Crippen LogP contribution in [0.25, 0.3) is 5.57 Å². The van der Waals surface area contributed by atoms with E-state index >= 15 is 0 Å². The SMILES string of the molecule is C1=C(c2cccc(C3OCCO3)c2)CC2CCCC1N2. The van der Waals surface area contributed by atoms with E-state index in [4.69, 9.17) is 9.47 Å². The third-order valence-corrected chi connectivity index (χ3v) is 4.54. The van der Waals surface area contributed by atoms with Crippen LogP contribution in [0.2, 0.25) is 0 Å². The van der Waals surface area contributed by atoms with Gasteiger partial charge in [-0.2, -0.15) is 0 Å². The van der Waals surface area contributed by atoms with Crippen LogP contribution in [0, 0.1) is 0 Å². The minimum Gasteiger partial charge on any atom is -0.346 e. The maximum atomic E-state index is 5.60. The van der Waals surface area contributed by atoms with E-state index in [2.05, 4.69) is 35.7 Å². The molecule has 3 aliphatic rings. The van der Waals surface area contributed by atoms with Gasteiger partial charge in [0.1, 0.15) is 0 Å². The standard InChI is InChI=1S/C17H21NO2/c1-3-12(9-13(4-1)17-19-7-8-20-17)14-10-15-5-2-6-16(11-14)18-15/h1,3-4,9-10,15-18H,2,5-8,11H2. The van der Waals surface area contributed by atoms with E-state index in [1.807, 2.05) is 0 Å². The lowest BCUT2D eigenvalue weighted by atomic mass is 9.84. The number of benzene rings is 1. The molecule has 0 spiro atoms. The molecule has 1 N–H and O–H groups in total. The van der Waals surface area contributed by atoms with Gasteiger partial charge in [-0.05, 0) is 36.5 Å². The molecule has 20 heavy (non-hydrogen) atoms. The molecule has 3 heterocycles. The van der Waals surface area contributed by atoms with Crippen molar-refractivity contribution in [3.05, 3.63) is 41.5 Å². The van der Waals surface area contributed by atoms with E-state index in [1.54, 1.807) is 0 Å². The molecular formula is C17H21NO2. The zero-order chi connectivity index (χ0) is 13.4. The van der Waals surface area contributed by atoms with E-state index in [9.17, 15) is 0 Å². The first kappa shape index (κ1) is 12.6. The Bertz CT molecular complexity index is 519. The summed E-state index contributed by atoms with van der Waals surface area (Å²) in [6.07, 6.45) is 7.33. The van der Waals surface area contributed by atoms with Crippen LogP contribution in [0.1, 0.15) is 43.1 Å². The normalized spacial score (nSPS) is 30.3. The van der Waals surface area contributed by atoms with Gasteiger partial charge in [0.15, 0.2) is 6.29 Å². The molecule has 1 aromatic rings. The molecule has 3 aliphatic heterocycles. The fraction of sp³-hybridized carbons (Fsp3) is 0.529. The lowest BCUT2D eigenvalue weighted by Crippen LogP contribution is -2.44. The second-order valence-electron chi connectivity index (χ2n) is 6.00. The molecule has 4 rings (SSSR count). The summed E-state index contributed by atoms with van der Waals surface area (Å²) < 4.78 is 11.2. The molecule has 3 heteroatoms. The zero-order valence-corrected chi connectivity index (χ0v) is 11.7. The fourth-order valence-electron chi connectivity index (χ4n) is 3.57. The van der Waals surface area contributed by atoms with Gasteiger partial charge in [0.05, 0.1) is 13.2 Å². The fourth-order valence-corrected chi connectivity index (χ4v) is 3.57. The molecule has 2 saturated heterocycles. The van der Waals surface area contributed by atoms with Gasteiger partial charge in [-0.15, -0.1) is 0 Å². The molecule has 0 aliphatic carbocycles. The van der Waals surface area contributed by atoms with Crippen LogP contribution in [0.5, 0.6) is 0 Å². The number of piperidine rings is 1. The summed E-state index contributed by atoms with van der Waals surface area (Å²) in [5.74, 6) is 0. The molecule has 0 saturated carbocycles. The third kappa shape index (κ3) is 2.41. The predicted molar refractivity (Wildman–Crippen MR) is 78.2 cm³/mol. The molecule has 2 fully saturated rings. The van der Waals surface area contributed by atoms with E-state index in [0.29, 0.717) is 25.3 Å². The second-order valence-corrected chi connectivity index (χ2v) is 6.00. The lowest BCUT2D eigenvalue weighted by molar-refractivity contribution is -0.0441. The largest absolute Gasteiger partial charge is 0.346 e. The summed E-state index contributed by atoms with van der Waals surface area (Å²) in [5, 5.41) is 3.70. The van der Waals surface area contributed by atoms with Crippen molar-refractivity contribution >= 4 is 5.57 Å². The highest BCUT2D eigenvalue weighted by molar-refractivity contribution is 5.68. The van der Waals surface area contributed by atoms with Crippen LogP contribution < -0.4 is 5.32 Å². The number of rotatable bonds is 2. The summed E-state index contributed by atoms with van der Waals surface area (Å²) >= 11 is 0. The van der Waals surface area contributed by atoms with Crippen molar-refractivity contribution < 1.29 is 9.47 Å². The molecule has 2 unspecified atom stereocenters. The van der Waals surface area contributed by atoms with E-state index in [-0.39, 0.29) is 6.29 Å². The van der Waals surface area contributed by atoms with Crippen molar-refractivity contribution in [2.75, 3.05) is 13.2 Å². The molecule has 1 aromatic carbocycles. The molecule has 2 bridgehead atoms. The van der Waals surface area contributed by atoms with Gasteiger partial charge < -0.3 is 14.8 Å². The molecule has 0 radical (unpaired) electrons. The van der Waals surface area contributed by atoms with Gasteiger partial charge in [0, 0.05) is 17.6 Å². The summed E-state index contributed by atoms with van der Waals surface area (Å²) in [6, 6.07) is 9.90. The van der Waals surface area contributed by atoms with Gasteiger partial charge in [-0.1, -0.05) is 30.7 Å². The zero-order valence-electron chi connectivity index (χ0n) is 11.7. The molecule has 2 atom stereocenters. The Kier molecular flexibility index (Phi) is 3.34. The van der Waals surface area contributed by atoms with E-state index in [0.717, 1.165) is 12.0 Å². The Morgan fingerprint density at radius 3 is 2.85 bits per heavy atom. The maximum absolute atomic E-state index is 5.60. The van der Waals surface area contributed by atoms with Gasteiger partial charge in [0.2, 0.25) is 0 Å². The first-order chi connectivity index (χ1) is 9.88. The van der Waals surface area contributed by atoms with Crippen molar-refractivity contribution in [2.45, 2.75) is 44.1 Å². The van der Waals surface area contributed by atoms with Crippen molar-refractivity contribution in [1.29, 1.82) is 0 Å². The molecule has 3 nitrogen and oxygen atoms in total. The van der Waals surface area contributed by atoms with Crippen molar-refractivity contribution in [3.63, 3.8) is 0 Å². The summed E-state index contributed by atoms with van der Waals surface area (Å²) in [6.45, 7) is 1.40. The first-order valence-corrected chi connectivity index (χ1v) is 7.69. The quantitative estimate of drug-likeness (QED) is 0.897. The second kappa shape index (κ2) is 5.32. The van der Waals surface area contributed by atoms with E-state index < -0.39 is 0 Å². The van der Waals surface area contributed by atoms with Crippen LogP contribution in [-0.4, -0.2) is 25.3 Å². The van der Waals surface area contributed by atoms with Crippen LogP contribution in [-0.2, 0) is 9.47 Å². The Morgan fingerprint density at radius 2 is 2.00 bits per heavy atom. The first-order valence-electron chi connectivity index (χ1n) is 7.69. The molecule has 106 valence electrons. The van der Waals surface area contributed by atoms with E-state index in [1.165, 1.54) is 30.4 Å². The Labute approximate surface area is 120 Å². The minimum absolute atomic E-state index is 0.170. The van der Waals surface area contributed by atoms with Crippen LogP contribution in [0.15, 0.2) is 30.3 Å². The van der Waals surface area contributed by atoms with Crippen molar-refractivity contribution in [1.82, 2.24) is 5.32 Å². The summed E-state index contributed by atoms with van der Waals surface area (Å²) in [5.41, 5.74) is 3.96. The average Bonchev–Trinajstić information content (AvgIpc) is 3.01.